The summed E-state index contributed by atoms with van der Waals surface area (Å²) in [6.45, 7) is 3.14. The van der Waals surface area contributed by atoms with Crippen LogP contribution in [0.5, 0.6) is 5.75 Å². The first-order valence-corrected chi connectivity index (χ1v) is 9.76. The van der Waals surface area contributed by atoms with Crippen molar-refractivity contribution in [3.8, 4) is 5.75 Å². The summed E-state index contributed by atoms with van der Waals surface area (Å²) in [4.78, 5) is 36.6. The molecule has 7 nitrogen and oxygen atoms in total. The third-order valence-corrected chi connectivity index (χ3v) is 4.98. The van der Waals surface area contributed by atoms with Gasteiger partial charge in [-0.3, -0.25) is 9.59 Å². The molecule has 3 rings (SSSR count). The highest BCUT2D eigenvalue weighted by Crippen LogP contribution is 2.28. The van der Waals surface area contributed by atoms with Crippen LogP contribution in [0.15, 0.2) is 54.6 Å². The summed E-state index contributed by atoms with van der Waals surface area (Å²) in [5.74, 6) is -0.926. The van der Waals surface area contributed by atoms with Crippen molar-refractivity contribution in [1.29, 1.82) is 0 Å². The van der Waals surface area contributed by atoms with E-state index in [1.165, 1.54) is 0 Å². The monoisotopic (exact) mass is 420 g/mol. The first-order chi connectivity index (χ1) is 14.9. The van der Waals surface area contributed by atoms with E-state index in [9.17, 15) is 14.4 Å². The van der Waals surface area contributed by atoms with Gasteiger partial charge in [0, 0.05) is 11.1 Å². The molecule has 0 radical (unpaired) electrons. The Morgan fingerprint density at radius 3 is 2.35 bits per heavy atom. The van der Waals surface area contributed by atoms with Gasteiger partial charge in [0.05, 0.1) is 19.2 Å². The predicted octanol–water partition coefficient (Wildman–Crippen LogP) is 3.38. The van der Waals surface area contributed by atoms with Crippen LogP contribution in [0.2, 0.25) is 0 Å². The summed E-state index contributed by atoms with van der Waals surface area (Å²) in [5, 5.41) is 6.64. The normalized spacial score (nSPS) is 10.4. The second-order valence-electron chi connectivity index (χ2n) is 7.01. The van der Waals surface area contributed by atoms with E-state index in [1.807, 2.05) is 38.1 Å². The van der Waals surface area contributed by atoms with Crippen LogP contribution in [0.3, 0.4) is 0 Å². The molecular formula is C24H24N2O5. The average molecular weight is 420 g/mol. The smallest absolute Gasteiger partial charge is 0.339 e. The number of hydrogen-bond donors (Lipinski definition) is 2. The van der Waals surface area contributed by atoms with Gasteiger partial charge in [-0.05, 0) is 48.6 Å². The van der Waals surface area contributed by atoms with E-state index in [2.05, 4.69) is 10.6 Å². The van der Waals surface area contributed by atoms with Gasteiger partial charge in [-0.2, -0.15) is 0 Å². The lowest BCUT2D eigenvalue weighted by atomic mass is 10.0. The van der Waals surface area contributed by atoms with Gasteiger partial charge in [0.15, 0.2) is 6.61 Å². The molecule has 0 atom stereocenters. The van der Waals surface area contributed by atoms with Crippen molar-refractivity contribution in [1.82, 2.24) is 5.32 Å². The fourth-order valence-electron chi connectivity index (χ4n) is 3.15. The number of amides is 2. The van der Waals surface area contributed by atoms with E-state index in [0.29, 0.717) is 22.4 Å². The Kier molecular flexibility index (Phi) is 6.87. The molecular weight excluding hydrogens is 396 g/mol. The minimum atomic E-state index is -0.631. The third kappa shape index (κ3) is 5.19. The SMILES string of the molecule is COc1ccc(C(=O)OCC(=O)NCC(=O)Nc2cccc(C)c2C)c2ccccc12. The number of anilines is 1. The first kappa shape index (κ1) is 21.8. The van der Waals surface area contributed by atoms with E-state index in [-0.39, 0.29) is 12.5 Å². The van der Waals surface area contributed by atoms with E-state index in [4.69, 9.17) is 9.47 Å². The zero-order chi connectivity index (χ0) is 22.4. The number of hydrogen-bond acceptors (Lipinski definition) is 5. The summed E-state index contributed by atoms with van der Waals surface area (Å²) < 4.78 is 10.5. The molecule has 0 fully saturated rings. The molecule has 0 unspecified atom stereocenters. The predicted molar refractivity (Wildman–Crippen MR) is 118 cm³/mol. The van der Waals surface area contributed by atoms with Gasteiger partial charge in [-0.15, -0.1) is 0 Å². The second-order valence-corrected chi connectivity index (χ2v) is 7.01. The molecule has 2 N–H and O–H groups in total. The Balaban J connectivity index is 1.54. The number of nitrogens with one attached hydrogen (secondary N) is 2. The number of carbonyl (C=O) groups is 3. The summed E-state index contributed by atoms with van der Waals surface area (Å²) in [5.41, 5.74) is 3.04. The van der Waals surface area contributed by atoms with Gasteiger partial charge < -0.3 is 20.1 Å². The van der Waals surface area contributed by atoms with Crippen LogP contribution in [-0.4, -0.2) is 38.0 Å². The maximum atomic E-state index is 12.5. The van der Waals surface area contributed by atoms with Crippen molar-refractivity contribution in [2.24, 2.45) is 0 Å². The Morgan fingerprint density at radius 1 is 0.871 bits per heavy atom. The number of methoxy groups -OCH3 is 1. The van der Waals surface area contributed by atoms with Gasteiger partial charge in [-0.1, -0.05) is 36.4 Å². The Morgan fingerprint density at radius 2 is 1.61 bits per heavy atom. The minimum Gasteiger partial charge on any atom is -0.496 e. The summed E-state index contributed by atoms with van der Waals surface area (Å²) in [6, 6.07) is 16.1. The fourth-order valence-corrected chi connectivity index (χ4v) is 3.15. The summed E-state index contributed by atoms with van der Waals surface area (Å²) in [6.07, 6.45) is 0. The molecule has 0 aliphatic rings. The molecule has 7 heteroatoms. The van der Waals surface area contributed by atoms with Crippen molar-refractivity contribution >= 4 is 34.2 Å². The van der Waals surface area contributed by atoms with Gasteiger partial charge in [0.2, 0.25) is 5.91 Å². The molecule has 0 spiro atoms. The quantitative estimate of drug-likeness (QED) is 0.572. The first-order valence-electron chi connectivity index (χ1n) is 9.76. The molecule has 0 heterocycles. The van der Waals surface area contributed by atoms with Crippen LogP contribution < -0.4 is 15.4 Å². The molecule has 2 amide bonds. The number of carbonyl (C=O) groups excluding carboxylic acids is 3. The number of esters is 1. The molecule has 160 valence electrons. The largest absolute Gasteiger partial charge is 0.496 e. The maximum Gasteiger partial charge on any atom is 0.339 e. The van der Waals surface area contributed by atoms with E-state index in [1.54, 1.807) is 37.4 Å². The summed E-state index contributed by atoms with van der Waals surface area (Å²) >= 11 is 0. The van der Waals surface area contributed by atoms with Gasteiger partial charge in [0.1, 0.15) is 5.75 Å². The standard InChI is InChI=1S/C24H24N2O5/c1-15-7-6-10-20(16(15)2)26-22(27)13-25-23(28)14-31-24(29)19-11-12-21(30-3)18-9-5-4-8-17(18)19/h4-12H,13-14H2,1-3H3,(H,25,28)(H,26,27). The minimum absolute atomic E-state index is 0.227. The fraction of sp³-hybridized carbons (Fsp3) is 0.208. The van der Waals surface area contributed by atoms with Crippen molar-refractivity contribution in [2.75, 3.05) is 25.6 Å². The zero-order valence-electron chi connectivity index (χ0n) is 17.7. The molecule has 0 aliphatic carbocycles. The van der Waals surface area contributed by atoms with E-state index < -0.39 is 18.5 Å². The Labute approximate surface area is 180 Å². The highest BCUT2D eigenvalue weighted by Gasteiger charge is 2.16. The van der Waals surface area contributed by atoms with Crippen LogP contribution in [-0.2, 0) is 14.3 Å². The van der Waals surface area contributed by atoms with Crippen LogP contribution in [0, 0.1) is 13.8 Å². The lowest BCUT2D eigenvalue weighted by Gasteiger charge is -2.12. The number of ether oxygens (including phenoxy) is 2. The average Bonchev–Trinajstić information content (AvgIpc) is 2.78. The van der Waals surface area contributed by atoms with Crippen molar-refractivity contribution in [3.63, 3.8) is 0 Å². The van der Waals surface area contributed by atoms with Crippen LogP contribution in [0.1, 0.15) is 21.5 Å². The zero-order valence-corrected chi connectivity index (χ0v) is 17.7. The maximum absolute atomic E-state index is 12.5. The van der Waals surface area contributed by atoms with E-state index in [0.717, 1.165) is 16.5 Å². The molecule has 31 heavy (non-hydrogen) atoms. The van der Waals surface area contributed by atoms with Crippen molar-refractivity contribution in [2.45, 2.75) is 13.8 Å². The number of fused-ring (bicyclic) bond motifs is 1. The van der Waals surface area contributed by atoms with Crippen LogP contribution >= 0.6 is 0 Å². The Bertz CT molecular complexity index is 1140. The van der Waals surface area contributed by atoms with Crippen molar-refractivity contribution < 1.29 is 23.9 Å². The van der Waals surface area contributed by atoms with Crippen LogP contribution in [0.25, 0.3) is 10.8 Å². The molecule has 0 aliphatic heterocycles. The molecule has 0 saturated heterocycles. The lowest BCUT2D eigenvalue weighted by molar-refractivity contribution is -0.126. The van der Waals surface area contributed by atoms with Crippen LogP contribution in [0.4, 0.5) is 5.69 Å². The second kappa shape index (κ2) is 9.75. The van der Waals surface area contributed by atoms with Gasteiger partial charge >= 0.3 is 5.97 Å². The van der Waals surface area contributed by atoms with Gasteiger partial charge in [0.25, 0.3) is 5.91 Å². The van der Waals surface area contributed by atoms with E-state index >= 15 is 0 Å². The highest BCUT2D eigenvalue weighted by atomic mass is 16.5. The highest BCUT2D eigenvalue weighted by molar-refractivity contribution is 6.06. The molecule has 3 aromatic carbocycles. The third-order valence-electron chi connectivity index (χ3n) is 4.98. The van der Waals surface area contributed by atoms with Crippen molar-refractivity contribution in [3.05, 3.63) is 71.3 Å². The Hall–Kier alpha value is -3.87. The molecule has 0 saturated carbocycles. The van der Waals surface area contributed by atoms with Gasteiger partial charge in [-0.25, -0.2) is 4.79 Å². The molecule has 0 aromatic heterocycles. The summed E-state index contributed by atoms with van der Waals surface area (Å²) in [7, 11) is 1.56. The number of rotatable bonds is 7. The number of benzene rings is 3. The molecule has 3 aromatic rings. The lowest BCUT2D eigenvalue weighted by Crippen LogP contribution is -2.35. The molecule has 0 bridgehead atoms. The number of aryl methyl sites for hydroxylation is 1. The topological polar surface area (TPSA) is 93.7 Å².